The Morgan fingerprint density at radius 2 is 1.89 bits per heavy atom. The number of hydrogen-bond acceptors (Lipinski definition) is 7. The number of halogens is 4. The molecule has 0 saturated carbocycles. The van der Waals surface area contributed by atoms with Gasteiger partial charge < -0.3 is 24.5 Å². The normalized spacial score (nSPS) is 15.7. The molecule has 232 valence electrons. The van der Waals surface area contributed by atoms with Gasteiger partial charge in [-0.1, -0.05) is 18.2 Å². The summed E-state index contributed by atoms with van der Waals surface area (Å²) in [5.74, 6) is -3.03. The number of fused-ring (bicyclic) bond motifs is 1. The molecule has 9 nitrogen and oxygen atoms in total. The van der Waals surface area contributed by atoms with Gasteiger partial charge in [0, 0.05) is 30.4 Å². The number of H-pyrrole nitrogens is 1. The van der Waals surface area contributed by atoms with Gasteiger partial charge in [0.1, 0.15) is 41.1 Å². The van der Waals surface area contributed by atoms with E-state index in [2.05, 4.69) is 25.3 Å². The Bertz CT molecular complexity index is 1780. The predicted molar refractivity (Wildman–Crippen MR) is 157 cm³/mol. The van der Waals surface area contributed by atoms with Crippen molar-refractivity contribution in [2.45, 2.75) is 24.9 Å². The monoisotopic (exact) mass is 621 g/mol. The molecule has 0 radical (unpaired) electrons. The number of carbonyl (C=O) groups is 1. The number of carbonyl (C=O) groups excluding carboxylic acids is 1. The Balaban J connectivity index is 1.37. The van der Waals surface area contributed by atoms with Gasteiger partial charge in [-0.15, -0.1) is 0 Å². The van der Waals surface area contributed by atoms with Gasteiger partial charge in [-0.3, -0.25) is 9.78 Å². The zero-order valence-electron chi connectivity index (χ0n) is 23.7. The van der Waals surface area contributed by atoms with Gasteiger partial charge in [-0.2, -0.15) is 4.39 Å². The summed E-state index contributed by atoms with van der Waals surface area (Å²) in [5, 5.41) is 2.61. The average molecular weight is 622 g/mol. The van der Waals surface area contributed by atoms with Crippen LogP contribution in [0.5, 0.6) is 5.75 Å². The number of nitrogens with one attached hydrogen (secondary N) is 2. The topological polar surface area (TPSA) is 111 Å². The molecule has 13 heteroatoms. The molecule has 0 spiro atoms. The van der Waals surface area contributed by atoms with Crippen LogP contribution in [-0.4, -0.2) is 64.8 Å². The zero-order valence-corrected chi connectivity index (χ0v) is 23.7. The zero-order chi connectivity index (χ0) is 31.3. The Morgan fingerprint density at radius 1 is 1.04 bits per heavy atom. The van der Waals surface area contributed by atoms with Gasteiger partial charge in [0.05, 0.1) is 42.7 Å². The van der Waals surface area contributed by atoms with Crippen LogP contribution in [0.25, 0.3) is 33.5 Å². The summed E-state index contributed by atoms with van der Waals surface area (Å²) in [4.78, 5) is 29.3. The highest BCUT2D eigenvalue weighted by Gasteiger charge is 2.26. The molecule has 1 aliphatic rings. The number of aromatic nitrogens is 4. The molecule has 45 heavy (non-hydrogen) atoms. The van der Waals surface area contributed by atoms with Crippen LogP contribution >= 0.6 is 0 Å². The lowest BCUT2D eigenvalue weighted by molar-refractivity contribution is -0.118. The van der Waals surface area contributed by atoms with Crippen LogP contribution < -0.4 is 10.1 Å². The van der Waals surface area contributed by atoms with E-state index in [4.69, 9.17) is 14.2 Å². The molecule has 5 heterocycles. The molecule has 1 aromatic carbocycles. The number of ether oxygens (including phenoxy) is 3. The van der Waals surface area contributed by atoms with Crippen LogP contribution in [-0.2, 0) is 14.3 Å². The molecular formula is C32H27F4N5O4. The first kappa shape index (κ1) is 30.2. The molecule has 0 bridgehead atoms. The van der Waals surface area contributed by atoms with E-state index in [-0.39, 0.29) is 35.4 Å². The van der Waals surface area contributed by atoms with Crippen molar-refractivity contribution < 1.29 is 36.6 Å². The second kappa shape index (κ2) is 13.4. The number of hydrogen-bond donors (Lipinski definition) is 2. The summed E-state index contributed by atoms with van der Waals surface area (Å²) >= 11 is 0. The fourth-order valence-corrected chi connectivity index (χ4v) is 5.14. The van der Waals surface area contributed by atoms with E-state index in [1.807, 2.05) is 0 Å². The average Bonchev–Trinajstić information content (AvgIpc) is 3.43. The number of amides is 1. The van der Waals surface area contributed by atoms with Crippen molar-refractivity contribution in [3.05, 3.63) is 90.4 Å². The molecule has 1 saturated heterocycles. The molecule has 1 fully saturated rings. The number of alkyl halides is 2. The Morgan fingerprint density at radius 3 is 2.62 bits per heavy atom. The second-order valence-electron chi connectivity index (χ2n) is 10.3. The van der Waals surface area contributed by atoms with Gasteiger partial charge in [0.15, 0.2) is 0 Å². The number of nitrogens with zero attached hydrogens (tertiary/aromatic N) is 3. The smallest absolute Gasteiger partial charge is 0.239 e. The van der Waals surface area contributed by atoms with Crippen molar-refractivity contribution in [3.63, 3.8) is 0 Å². The molecule has 6 rings (SSSR count). The molecule has 0 aliphatic carbocycles. The largest absolute Gasteiger partial charge is 0.488 e. The quantitative estimate of drug-likeness (QED) is 0.142. The predicted octanol–water partition coefficient (Wildman–Crippen LogP) is 6.14. The molecule has 0 unspecified atom stereocenters. The summed E-state index contributed by atoms with van der Waals surface area (Å²) in [7, 11) is 0. The summed E-state index contributed by atoms with van der Waals surface area (Å²) in [6.45, 7) is 1.38. The SMILES string of the molecule is O=C(Nc1cc(-c2[nH]c3c(OC[C@H]4COCCO4)cc(F)nc3c2-c2ccccn2)ccn1)[C@H](CC(F)F)c1ccc(F)cc1. The Hall–Kier alpha value is -4.88. The number of benzene rings is 1. The summed E-state index contributed by atoms with van der Waals surface area (Å²) in [5.41, 5.74) is 2.85. The van der Waals surface area contributed by atoms with Gasteiger partial charge in [-0.05, 0) is 42.0 Å². The number of rotatable bonds is 10. The maximum absolute atomic E-state index is 14.9. The van der Waals surface area contributed by atoms with Gasteiger partial charge in [-0.25, -0.2) is 23.1 Å². The van der Waals surface area contributed by atoms with Gasteiger partial charge in [0.2, 0.25) is 18.3 Å². The number of anilines is 1. The lowest BCUT2D eigenvalue weighted by atomic mass is 9.95. The highest BCUT2D eigenvalue weighted by molar-refractivity contribution is 6.03. The van der Waals surface area contributed by atoms with Gasteiger partial charge in [0.25, 0.3) is 0 Å². The highest BCUT2D eigenvalue weighted by atomic mass is 19.3. The first-order valence-electron chi connectivity index (χ1n) is 14.1. The van der Waals surface area contributed by atoms with E-state index in [1.54, 1.807) is 36.5 Å². The van der Waals surface area contributed by atoms with Crippen LogP contribution in [0.1, 0.15) is 17.9 Å². The van der Waals surface area contributed by atoms with E-state index in [1.165, 1.54) is 24.4 Å². The molecule has 1 amide bonds. The first-order valence-corrected chi connectivity index (χ1v) is 14.1. The number of aromatic amines is 1. The van der Waals surface area contributed by atoms with Crippen molar-refractivity contribution in [2.24, 2.45) is 0 Å². The molecular weight excluding hydrogens is 594 g/mol. The van der Waals surface area contributed by atoms with Crippen molar-refractivity contribution in [2.75, 3.05) is 31.7 Å². The first-order chi connectivity index (χ1) is 21.9. The summed E-state index contributed by atoms with van der Waals surface area (Å²) in [6, 6.07) is 14.5. The lowest BCUT2D eigenvalue weighted by Gasteiger charge is -2.23. The van der Waals surface area contributed by atoms with E-state index < -0.39 is 36.4 Å². The van der Waals surface area contributed by atoms with Crippen LogP contribution in [0.3, 0.4) is 0 Å². The summed E-state index contributed by atoms with van der Waals surface area (Å²) in [6.07, 6.45) is -0.846. The minimum atomic E-state index is -2.78. The Kier molecular flexibility index (Phi) is 8.98. The summed E-state index contributed by atoms with van der Waals surface area (Å²) < 4.78 is 72.3. The molecule has 1 aliphatic heterocycles. The van der Waals surface area contributed by atoms with Crippen LogP contribution in [0.4, 0.5) is 23.4 Å². The highest BCUT2D eigenvalue weighted by Crippen LogP contribution is 2.40. The van der Waals surface area contributed by atoms with E-state index in [9.17, 15) is 22.4 Å². The minimum absolute atomic E-state index is 0.0783. The minimum Gasteiger partial charge on any atom is -0.488 e. The molecule has 2 atom stereocenters. The maximum Gasteiger partial charge on any atom is 0.239 e. The fraction of sp³-hybridized carbons (Fsp3) is 0.250. The van der Waals surface area contributed by atoms with Crippen LogP contribution in [0.2, 0.25) is 0 Å². The van der Waals surface area contributed by atoms with Crippen molar-refractivity contribution in [3.8, 4) is 28.3 Å². The standard InChI is InChI=1S/C32H27F4N5O4/c33-20-6-4-18(5-7-20)22(14-25(34)35)32(42)40-27-13-19(8-10-38-27)29-28(23-3-1-2-9-37-23)31-30(41-29)24(15-26(36)39-31)45-17-21-16-43-11-12-44-21/h1-10,13,15,21-22,25,41H,11-12,14,16-17H2,(H,38,40,42)/t21-,22-/m1/s1. The third-order valence-electron chi connectivity index (χ3n) is 7.22. The Labute approximate surface area is 254 Å². The third-order valence-corrected chi connectivity index (χ3v) is 7.22. The molecule has 4 aromatic heterocycles. The van der Waals surface area contributed by atoms with Crippen molar-refractivity contribution in [1.29, 1.82) is 0 Å². The lowest BCUT2D eigenvalue weighted by Crippen LogP contribution is -2.33. The van der Waals surface area contributed by atoms with Crippen molar-refractivity contribution in [1.82, 2.24) is 19.9 Å². The van der Waals surface area contributed by atoms with E-state index in [0.717, 1.165) is 12.1 Å². The molecule has 2 N–H and O–H groups in total. The van der Waals surface area contributed by atoms with E-state index in [0.29, 0.717) is 47.9 Å². The van der Waals surface area contributed by atoms with E-state index >= 15 is 0 Å². The number of pyridine rings is 3. The fourth-order valence-electron chi connectivity index (χ4n) is 5.14. The molecule has 5 aromatic rings. The second-order valence-corrected chi connectivity index (χ2v) is 10.3. The maximum atomic E-state index is 14.9. The van der Waals surface area contributed by atoms with Gasteiger partial charge >= 0.3 is 0 Å². The third kappa shape index (κ3) is 6.94. The van der Waals surface area contributed by atoms with Crippen LogP contribution in [0, 0.1) is 11.8 Å². The van der Waals surface area contributed by atoms with Crippen molar-refractivity contribution >= 4 is 22.8 Å². The van der Waals surface area contributed by atoms with Crippen LogP contribution in [0.15, 0.2) is 73.1 Å².